The number of nitrogens with zero attached hydrogens (tertiary/aromatic N) is 1. The van der Waals surface area contributed by atoms with E-state index >= 15 is 0 Å². The van der Waals surface area contributed by atoms with Gasteiger partial charge < -0.3 is 5.43 Å². The first kappa shape index (κ1) is 17.4. The van der Waals surface area contributed by atoms with Crippen molar-refractivity contribution < 1.29 is 0 Å². The first-order valence-corrected chi connectivity index (χ1v) is 9.03. The summed E-state index contributed by atoms with van der Waals surface area (Å²) in [5, 5.41) is 1.06. The highest BCUT2D eigenvalue weighted by Gasteiger charge is 2.04. The summed E-state index contributed by atoms with van der Waals surface area (Å²) < 4.78 is 0. The van der Waals surface area contributed by atoms with Crippen LogP contribution in [0.15, 0.2) is 24.0 Å². The molecule has 22 heavy (non-hydrogen) atoms. The molecule has 122 valence electrons. The predicted molar refractivity (Wildman–Crippen MR) is 95.3 cm³/mol. The number of hydrazine groups is 1. The van der Waals surface area contributed by atoms with Crippen LogP contribution in [0.25, 0.3) is 0 Å². The van der Waals surface area contributed by atoms with Gasteiger partial charge in [0.15, 0.2) is 5.82 Å². The molecule has 0 unspecified atom stereocenters. The summed E-state index contributed by atoms with van der Waals surface area (Å²) in [4.78, 5) is 4.20. The Morgan fingerprint density at radius 1 is 0.864 bits per heavy atom. The van der Waals surface area contributed by atoms with Gasteiger partial charge in [-0.15, -0.1) is 0 Å². The van der Waals surface area contributed by atoms with Crippen LogP contribution in [0.1, 0.15) is 64.2 Å². The van der Waals surface area contributed by atoms with E-state index in [1.165, 1.54) is 57.1 Å². The number of anilines is 1. The van der Waals surface area contributed by atoms with E-state index in [9.17, 15) is 0 Å². The molecule has 2 N–H and O–H groups in total. The zero-order valence-electron chi connectivity index (χ0n) is 13.0. The lowest BCUT2D eigenvalue weighted by Crippen LogP contribution is -2.22. The topological polar surface area (TPSA) is 37.0 Å². The average molecular weight is 342 g/mol. The molecular weight excluding hydrogens is 317 g/mol. The maximum atomic E-state index is 6.12. The van der Waals surface area contributed by atoms with Crippen molar-refractivity contribution in [3.8, 4) is 0 Å². The standard InChI is InChI=1S/C17H25Cl2N3/c18-14-12-16(19)17(20-13-14)22-21-15-10-8-6-4-2-1-3-5-7-9-11-15/h10,12-13,21H,1-9,11H2,(H,20,22)/b15-10+. The maximum Gasteiger partial charge on any atom is 0.163 e. The first-order chi connectivity index (χ1) is 10.8. The first-order valence-electron chi connectivity index (χ1n) is 8.28. The van der Waals surface area contributed by atoms with E-state index in [0.29, 0.717) is 15.9 Å². The Kier molecular flexibility index (Phi) is 7.89. The Morgan fingerprint density at radius 3 is 2.27 bits per heavy atom. The highest BCUT2D eigenvalue weighted by atomic mass is 35.5. The largest absolute Gasteiger partial charge is 0.304 e. The van der Waals surface area contributed by atoms with Crippen LogP contribution in [0.2, 0.25) is 10.0 Å². The Balaban J connectivity index is 1.89. The van der Waals surface area contributed by atoms with E-state index in [1.807, 2.05) is 0 Å². The van der Waals surface area contributed by atoms with Crippen LogP contribution in [-0.2, 0) is 0 Å². The predicted octanol–water partition coefficient (Wildman–Crippen LogP) is 6.10. The molecule has 2 rings (SSSR count). The number of hydrogen-bond acceptors (Lipinski definition) is 3. The van der Waals surface area contributed by atoms with E-state index in [1.54, 1.807) is 12.3 Å². The average Bonchev–Trinajstić information content (AvgIpc) is 2.48. The molecule has 1 aliphatic rings. The molecule has 0 aliphatic heterocycles. The number of hydrogen-bond donors (Lipinski definition) is 2. The van der Waals surface area contributed by atoms with Crippen molar-refractivity contribution in [2.24, 2.45) is 0 Å². The molecule has 0 fully saturated rings. The number of pyridine rings is 1. The second-order valence-electron chi connectivity index (χ2n) is 5.83. The quantitative estimate of drug-likeness (QED) is 0.651. The monoisotopic (exact) mass is 341 g/mol. The molecule has 0 saturated carbocycles. The molecule has 1 aromatic rings. The summed E-state index contributed by atoms with van der Waals surface area (Å²) in [6.07, 6.45) is 16.7. The second kappa shape index (κ2) is 9.96. The molecule has 1 aliphatic carbocycles. The molecule has 0 spiro atoms. The molecule has 0 amide bonds. The number of allylic oxidation sites excluding steroid dienone is 2. The normalized spacial score (nSPS) is 20.2. The molecule has 0 bridgehead atoms. The fourth-order valence-electron chi connectivity index (χ4n) is 2.66. The Hall–Kier alpha value is -0.930. The summed E-state index contributed by atoms with van der Waals surface area (Å²) in [6, 6.07) is 1.69. The van der Waals surface area contributed by atoms with E-state index < -0.39 is 0 Å². The van der Waals surface area contributed by atoms with Crippen molar-refractivity contribution in [3.63, 3.8) is 0 Å². The molecule has 0 aromatic carbocycles. The minimum absolute atomic E-state index is 0.522. The summed E-state index contributed by atoms with van der Waals surface area (Å²) in [5.74, 6) is 0.609. The smallest absolute Gasteiger partial charge is 0.163 e. The number of aromatic nitrogens is 1. The van der Waals surface area contributed by atoms with Gasteiger partial charge in [0.25, 0.3) is 0 Å². The van der Waals surface area contributed by atoms with Crippen molar-refractivity contribution in [2.75, 3.05) is 5.43 Å². The van der Waals surface area contributed by atoms with Gasteiger partial charge in [0, 0.05) is 11.9 Å². The van der Waals surface area contributed by atoms with E-state index in [2.05, 4.69) is 21.9 Å². The van der Waals surface area contributed by atoms with E-state index in [4.69, 9.17) is 23.2 Å². The van der Waals surface area contributed by atoms with Crippen LogP contribution in [0.5, 0.6) is 0 Å². The highest BCUT2D eigenvalue weighted by molar-refractivity contribution is 6.35. The minimum atomic E-state index is 0.522. The SMILES string of the molecule is Clc1cnc(NN/C2=C/CCCCCCCCCC2)c(Cl)c1. The van der Waals surface area contributed by atoms with E-state index in [-0.39, 0.29) is 0 Å². The van der Waals surface area contributed by atoms with Crippen molar-refractivity contribution in [1.29, 1.82) is 0 Å². The summed E-state index contributed by atoms with van der Waals surface area (Å²) >= 11 is 12.0. The van der Waals surface area contributed by atoms with Gasteiger partial charge in [0.1, 0.15) is 0 Å². The minimum Gasteiger partial charge on any atom is -0.304 e. The van der Waals surface area contributed by atoms with Gasteiger partial charge in [-0.3, -0.25) is 5.43 Å². The lowest BCUT2D eigenvalue weighted by molar-refractivity contribution is 0.557. The Labute approximate surface area is 143 Å². The zero-order chi connectivity index (χ0) is 15.6. The van der Waals surface area contributed by atoms with Crippen LogP contribution in [0, 0.1) is 0 Å². The van der Waals surface area contributed by atoms with Gasteiger partial charge >= 0.3 is 0 Å². The third-order valence-electron chi connectivity index (χ3n) is 3.94. The Morgan fingerprint density at radius 2 is 1.55 bits per heavy atom. The van der Waals surface area contributed by atoms with Gasteiger partial charge in [-0.05, 0) is 31.7 Å². The van der Waals surface area contributed by atoms with Crippen LogP contribution >= 0.6 is 23.2 Å². The lowest BCUT2D eigenvalue weighted by Gasteiger charge is -2.14. The molecule has 1 heterocycles. The van der Waals surface area contributed by atoms with Crippen LogP contribution < -0.4 is 10.9 Å². The van der Waals surface area contributed by atoms with E-state index in [0.717, 1.165) is 12.8 Å². The van der Waals surface area contributed by atoms with Gasteiger partial charge in [-0.25, -0.2) is 4.98 Å². The molecule has 0 saturated heterocycles. The molecule has 0 atom stereocenters. The van der Waals surface area contributed by atoms with Gasteiger partial charge in [0.05, 0.1) is 10.0 Å². The number of halogens is 2. The molecule has 3 nitrogen and oxygen atoms in total. The van der Waals surface area contributed by atoms with Gasteiger partial charge in [-0.2, -0.15) is 0 Å². The van der Waals surface area contributed by atoms with Crippen molar-refractivity contribution in [3.05, 3.63) is 34.1 Å². The maximum absolute atomic E-state index is 6.12. The molecule has 1 aromatic heterocycles. The lowest BCUT2D eigenvalue weighted by atomic mass is 10.0. The summed E-state index contributed by atoms with van der Waals surface area (Å²) in [5.41, 5.74) is 7.60. The zero-order valence-corrected chi connectivity index (χ0v) is 14.5. The second-order valence-corrected chi connectivity index (χ2v) is 6.67. The van der Waals surface area contributed by atoms with Crippen molar-refractivity contribution in [1.82, 2.24) is 10.4 Å². The van der Waals surface area contributed by atoms with Gasteiger partial charge in [0.2, 0.25) is 0 Å². The number of rotatable bonds is 3. The summed E-state index contributed by atoms with van der Waals surface area (Å²) in [7, 11) is 0. The van der Waals surface area contributed by atoms with Crippen LogP contribution in [0.3, 0.4) is 0 Å². The third-order valence-corrected chi connectivity index (χ3v) is 4.44. The van der Waals surface area contributed by atoms with Crippen LogP contribution in [-0.4, -0.2) is 4.98 Å². The summed E-state index contributed by atoms with van der Waals surface area (Å²) in [6.45, 7) is 0. The van der Waals surface area contributed by atoms with Gasteiger partial charge in [-0.1, -0.05) is 67.8 Å². The third kappa shape index (κ3) is 6.45. The molecule has 5 heteroatoms. The fraction of sp³-hybridized carbons (Fsp3) is 0.588. The van der Waals surface area contributed by atoms with Crippen LogP contribution in [0.4, 0.5) is 5.82 Å². The molecule has 0 radical (unpaired) electrons. The van der Waals surface area contributed by atoms with Crippen molar-refractivity contribution >= 4 is 29.0 Å². The molecular formula is C17H25Cl2N3. The fourth-order valence-corrected chi connectivity index (χ4v) is 3.09. The van der Waals surface area contributed by atoms with Crippen molar-refractivity contribution in [2.45, 2.75) is 64.2 Å². The Bertz CT molecular complexity index is 489. The highest BCUT2D eigenvalue weighted by Crippen LogP contribution is 2.22. The number of nitrogens with one attached hydrogen (secondary N) is 2.